The summed E-state index contributed by atoms with van der Waals surface area (Å²) in [4.78, 5) is 36.1. The van der Waals surface area contributed by atoms with Crippen molar-refractivity contribution in [2.75, 3.05) is 12.1 Å². The molecule has 0 bridgehead atoms. The predicted octanol–water partition coefficient (Wildman–Crippen LogP) is 3.09. The summed E-state index contributed by atoms with van der Waals surface area (Å²) in [6.07, 6.45) is -1.32. The molecule has 2 aromatic carbocycles. The Morgan fingerprint density at radius 2 is 1.79 bits per heavy atom. The topological polar surface area (TPSA) is 90.9 Å². The fourth-order valence-corrected chi connectivity index (χ4v) is 2.52. The molecule has 0 unspecified atom stereocenters. The number of anilines is 1. The Balaban J connectivity index is 1.46. The van der Waals surface area contributed by atoms with Gasteiger partial charge in [0.25, 0.3) is 5.91 Å². The summed E-state index contributed by atoms with van der Waals surface area (Å²) in [6, 6.07) is 9.96. The van der Waals surface area contributed by atoms with Crippen molar-refractivity contribution in [1.29, 1.82) is 0 Å². The number of halogens is 1. The number of fused-ring (bicyclic) bond motifs is 1. The van der Waals surface area contributed by atoms with Gasteiger partial charge in [-0.1, -0.05) is 0 Å². The lowest BCUT2D eigenvalue weighted by Gasteiger charge is -2.13. The zero-order chi connectivity index (χ0) is 20.1. The summed E-state index contributed by atoms with van der Waals surface area (Å²) in [5.74, 6) is -0.849. The molecule has 7 nitrogen and oxygen atoms in total. The number of carbonyl (C=O) groups is 3. The average molecular weight is 387 g/mol. The normalized spacial score (nSPS) is 12.9. The van der Waals surface area contributed by atoms with Gasteiger partial charge >= 0.3 is 5.97 Å². The molecule has 0 fully saturated rings. The van der Waals surface area contributed by atoms with Crippen LogP contribution < -0.4 is 14.8 Å². The van der Waals surface area contributed by atoms with E-state index in [1.807, 2.05) is 0 Å². The summed E-state index contributed by atoms with van der Waals surface area (Å²) in [5, 5.41) is 2.62. The van der Waals surface area contributed by atoms with Crippen molar-refractivity contribution < 1.29 is 33.0 Å². The SMILES string of the molecule is C[C@@H](OC(=O)CCC(=O)c1ccc(F)cc1)C(=O)Nc1ccc2c(c1)OCO2. The smallest absolute Gasteiger partial charge is 0.307 e. The zero-order valence-electron chi connectivity index (χ0n) is 15.1. The highest BCUT2D eigenvalue weighted by atomic mass is 19.1. The first-order valence-corrected chi connectivity index (χ1v) is 8.61. The summed E-state index contributed by atoms with van der Waals surface area (Å²) in [6.45, 7) is 1.55. The Labute approximate surface area is 160 Å². The van der Waals surface area contributed by atoms with Crippen molar-refractivity contribution in [1.82, 2.24) is 0 Å². The van der Waals surface area contributed by atoms with Crippen LogP contribution in [0.25, 0.3) is 0 Å². The van der Waals surface area contributed by atoms with Crippen LogP contribution in [0.5, 0.6) is 11.5 Å². The second-order valence-electron chi connectivity index (χ2n) is 6.12. The number of rotatable bonds is 7. The molecule has 1 aliphatic heterocycles. The second-order valence-corrected chi connectivity index (χ2v) is 6.12. The molecule has 28 heavy (non-hydrogen) atoms. The number of hydrogen-bond acceptors (Lipinski definition) is 6. The van der Waals surface area contributed by atoms with Gasteiger partial charge in [-0.15, -0.1) is 0 Å². The van der Waals surface area contributed by atoms with E-state index in [0.717, 1.165) is 0 Å². The molecular formula is C20H18FNO6. The van der Waals surface area contributed by atoms with Crippen LogP contribution in [-0.2, 0) is 14.3 Å². The average Bonchev–Trinajstić information content (AvgIpc) is 3.14. The quantitative estimate of drug-likeness (QED) is 0.580. The predicted molar refractivity (Wildman–Crippen MR) is 96.7 cm³/mol. The summed E-state index contributed by atoms with van der Waals surface area (Å²) in [7, 11) is 0. The van der Waals surface area contributed by atoms with E-state index in [4.69, 9.17) is 14.2 Å². The molecule has 0 saturated heterocycles. The molecule has 1 amide bonds. The van der Waals surface area contributed by atoms with Crippen LogP contribution in [0.3, 0.4) is 0 Å². The summed E-state index contributed by atoms with van der Waals surface area (Å²) >= 11 is 0. The molecule has 8 heteroatoms. The molecule has 0 radical (unpaired) electrons. The highest BCUT2D eigenvalue weighted by Gasteiger charge is 2.20. The maximum absolute atomic E-state index is 12.9. The van der Waals surface area contributed by atoms with Gasteiger partial charge < -0.3 is 19.5 Å². The summed E-state index contributed by atoms with van der Waals surface area (Å²) in [5.41, 5.74) is 0.784. The van der Waals surface area contributed by atoms with Gasteiger partial charge in [-0.2, -0.15) is 0 Å². The number of benzene rings is 2. The molecule has 2 aromatic rings. The van der Waals surface area contributed by atoms with Gasteiger partial charge in [0.1, 0.15) is 5.82 Å². The number of Topliss-reactive ketones (excluding diaryl/α,β-unsaturated/α-hetero) is 1. The van der Waals surface area contributed by atoms with Crippen molar-refractivity contribution in [2.45, 2.75) is 25.9 Å². The number of nitrogens with one attached hydrogen (secondary N) is 1. The van der Waals surface area contributed by atoms with Crippen LogP contribution in [0, 0.1) is 5.82 Å². The maximum atomic E-state index is 12.9. The van der Waals surface area contributed by atoms with E-state index in [-0.39, 0.29) is 25.4 Å². The number of hydrogen-bond donors (Lipinski definition) is 1. The Morgan fingerprint density at radius 1 is 1.07 bits per heavy atom. The lowest BCUT2D eigenvalue weighted by Crippen LogP contribution is -2.30. The Bertz CT molecular complexity index is 896. The highest BCUT2D eigenvalue weighted by molar-refractivity contribution is 5.98. The van der Waals surface area contributed by atoms with Crippen LogP contribution in [0.4, 0.5) is 10.1 Å². The number of ether oxygens (including phenoxy) is 3. The van der Waals surface area contributed by atoms with E-state index in [1.165, 1.54) is 31.2 Å². The van der Waals surface area contributed by atoms with Gasteiger partial charge in [-0.25, -0.2) is 4.39 Å². The van der Waals surface area contributed by atoms with Crippen LogP contribution in [0.1, 0.15) is 30.1 Å². The maximum Gasteiger partial charge on any atom is 0.307 e. The van der Waals surface area contributed by atoms with Crippen LogP contribution >= 0.6 is 0 Å². The van der Waals surface area contributed by atoms with E-state index in [2.05, 4.69) is 5.32 Å². The standard InChI is InChI=1S/C20H18FNO6/c1-12(20(25)22-15-6-8-17-18(10-15)27-11-26-17)28-19(24)9-7-16(23)13-2-4-14(21)5-3-13/h2-6,8,10,12H,7,9,11H2,1H3,(H,22,25)/t12-/m1/s1. The first kappa shape index (κ1) is 19.3. The number of ketones is 1. The fraction of sp³-hybridized carbons (Fsp3) is 0.250. The minimum absolute atomic E-state index is 0.0963. The van der Waals surface area contributed by atoms with E-state index in [9.17, 15) is 18.8 Å². The molecule has 0 spiro atoms. The molecule has 1 atom stereocenters. The van der Waals surface area contributed by atoms with Crippen molar-refractivity contribution in [3.63, 3.8) is 0 Å². The van der Waals surface area contributed by atoms with Crippen LogP contribution in [-0.4, -0.2) is 30.6 Å². The van der Waals surface area contributed by atoms with Crippen LogP contribution in [0.15, 0.2) is 42.5 Å². The molecule has 3 rings (SSSR count). The van der Waals surface area contributed by atoms with E-state index in [0.29, 0.717) is 22.7 Å². The molecule has 0 aromatic heterocycles. The second kappa shape index (κ2) is 8.51. The van der Waals surface area contributed by atoms with Gasteiger partial charge in [0.15, 0.2) is 23.4 Å². The molecule has 1 N–H and O–H groups in total. The number of esters is 1. The molecule has 0 saturated carbocycles. The van der Waals surface area contributed by atoms with Crippen molar-refractivity contribution >= 4 is 23.3 Å². The Kier molecular flexibility index (Phi) is 5.88. The van der Waals surface area contributed by atoms with Gasteiger partial charge in [0.2, 0.25) is 6.79 Å². The van der Waals surface area contributed by atoms with Gasteiger partial charge in [-0.3, -0.25) is 14.4 Å². The minimum atomic E-state index is -1.04. The van der Waals surface area contributed by atoms with E-state index >= 15 is 0 Å². The number of amides is 1. The van der Waals surface area contributed by atoms with Gasteiger partial charge in [0.05, 0.1) is 6.42 Å². The minimum Gasteiger partial charge on any atom is -0.454 e. The van der Waals surface area contributed by atoms with Gasteiger partial charge in [-0.05, 0) is 43.3 Å². The Hall–Kier alpha value is -3.42. The molecule has 0 aliphatic carbocycles. The summed E-state index contributed by atoms with van der Waals surface area (Å²) < 4.78 is 28.4. The van der Waals surface area contributed by atoms with E-state index in [1.54, 1.807) is 18.2 Å². The van der Waals surface area contributed by atoms with E-state index < -0.39 is 23.8 Å². The molecule has 146 valence electrons. The third-order valence-corrected chi connectivity index (χ3v) is 4.04. The largest absolute Gasteiger partial charge is 0.454 e. The van der Waals surface area contributed by atoms with Crippen LogP contribution in [0.2, 0.25) is 0 Å². The first-order chi connectivity index (χ1) is 13.4. The van der Waals surface area contributed by atoms with Crippen molar-refractivity contribution in [3.8, 4) is 11.5 Å². The van der Waals surface area contributed by atoms with Crippen molar-refractivity contribution in [2.24, 2.45) is 0 Å². The fourth-order valence-electron chi connectivity index (χ4n) is 2.52. The first-order valence-electron chi connectivity index (χ1n) is 8.61. The molecule has 1 heterocycles. The lowest BCUT2D eigenvalue weighted by molar-refractivity contribution is -0.153. The molecular weight excluding hydrogens is 369 g/mol. The number of carbonyl (C=O) groups excluding carboxylic acids is 3. The molecule has 1 aliphatic rings. The lowest BCUT2D eigenvalue weighted by atomic mass is 10.1. The highest BCUT2D eigenvalue weighted by Crippen LogP contribution is 2.34. The third-order valence-electron chi connectivity index (χ3n) is 4.04. The monoisotopic (exact) mass is 387 g/mol. The zero-order valence-corrected chi connectivity index (χ0v) is 15.1. The Morgan fingerprint density at radius 3 is 2.54 bits per heavy atom. The van der Waals surface area contributed by atoms with Gasteiger partial charge in [0, 0.05) is 23.7 Å². The third kappa shape index (κ3) is 4.85. The van der Waals surface area contributed by atoms with Crippen molar-refractivity contribution in [3.05, 3.63) is 53.8 Å².